The van der Waals surface area contributed by atoms with Gasteiger partial charge in [-0.05, 0) is 78.4 Å². The molecule has 0 amide bonds. The maximum Gasteiger partial charge on any atom is 0.143 e. The van der Waals surface area contributed by atoms with E-state index in [0.717, 1.165) is 33.1 Å². The Bertz CT molecular complexity index is 3070. The normalized spacial score (nSPS) is 14.2. The van der Waals surface area contributed by atoms with Crippen LogP contribution >= 0.6 is 0 Å². The molecule has 0 radical (unpaired) electrons. The van der Waals surface area contributed by atoms with E-state index in [2.05, 4.69) is 212 Å². The smallest absolute Gasteiger partial charge is 0.143 e. The van der Waals surface area contributed by atoms with Gasteiger partial charge >= 0.3 is 0 Å². The fraction of sp³-hybridized carbons (Fsp3) is 0.0357. The standard InChI is InChI=1S/C56H36O/c1-2-15-38(16-3-1)55(49-24-9-4-17-43(49)44-18-5-10-25-50(44)55)40-33-35-41(36-34-40)56(51-26-11-6-19-45(51)46-20-7-12-27-52(46)56)39-31-29-37(30-32-39)42-22-14-23-48-47-21-8-13-28-53(47)57-54(42)48/h1-36H. The number of furan rings is 1. The summed E-state index contributed by atoms with van der Waals surface area (Å²) in [5.41, 5.74) is 18.6. The third-order valence-electron chi connectivity index (χ3n) is 12.9. The molecule has 0 atom stereocenters. The van der Waals surface area contributed by atoms with E-state index in [1.54, 1.807) is 0 Å². The van der Waals surface area contributed by atoms with Crippen molar-refractivity contribution in [3.63, 3.8) is 0 Å². The molecule has 1 heteroatoms. The van der Waals surface area contributed by atoms with Crippen molar-refractivity contribution >= 4 is 21.9 Å². The van der Waals surface area contributed by atoms with Gasteiger partial charge < -0.3 is 4.42 Å². The number of fused-ring (bicyclic) bond motifs is 9. The molecule has 0 unspecified atom stereocenters. The zero-order valence-corrected chi connectivity index (χ0v) is 31.2. The highest BCUT2D eigenvalue weighted by molar-refractivity contribution is 6.09. The second-order valence-corrected chi connectivity index (χ2v) is 15.5. The summed E-state index contributed by atoms with van der Waals surface area (Å²) in [6, 6.07) is 80.7. The molecule has 1 nitrogen and oxygen atoms in total. The van der Waals surface area contributed by atoms with Crippen molar-refractivity contribution in [2.45, 2.75) is 10.8 Å². The number of hydrogen-bond acceptors (Lipinski definition) is 1. The third kappa shape index (κ3) is 4.29. The molecule has 2 aliphatic carbocycles. The Morgan fingerprint density at radius 1 is 0.263 bits per heavy atom. The van der Waals surface area contributed by atoms with Crippen LogP contribution in [0, 0.1) is 0 Å². The molecule has 2 aliphatic rings. The Labute approximate surface area is 332 Å². The van der Waals surface area contributed by atoms with Crippen LogP contribution in [-0.4, -0.2) is 0 Å². The van der Waals surface area contributed by atoms with Crippen molar-refractivity contribution in [1.82, 2.24) is 0 Å². The molecule has 0 spiro atoms. The average molecular weight is 725 g/mol. The van der Waals surface area contributed by atoms with Crippen molar-refractivity contribution in [2.24, 2.45) is 0 Å². The number of hydrogen-bond donors (Lipinski definition) is 0. The van der Waals surface area contributed by atoms with E-state index in [9.17, 15) is 0 Å². The quantitative estimate of drug-likeness (QED) is 0.172. The SMILES string of the molecule is c1ccc(C2(c3ccc(C4(c5ccc(-c6cccc7c6oc6ccccc67)cc5)c5ccccc5-c5ccccc54)cc3)c3ccccc3-c3ccccc32)cc1. The van der Waals surface area contributed by atoms with E-state index >= 15 is 0 Å². The first kappa shape index (κ1) is 32.1. The molecule has 0 fully saturated rings. The van der Waals surface area contributed by atoms with Crippen LogP contribution < -0.4 is 0 Å². The van der Waals surface area contributed by atoms with Crippen LogP contribution in [0.4, 0.5) is 0 Å². The molecule has 0 aliphatic heterocycles. The van der Waals surface area contributed by atoms with Gasteiger partial charge in [-0.2, -0.15) is 0 Å². The molecule has 12 rings (SSSR count). The first-order valence-corrected chi connectivity index (χ1v) is 19.8. The summed E-state index contributed by atoms with van der Waals surface area (Å²) in [6.45, 7) is 0. The van der Waals surface area contributed by atoms with E-state index < -0.39 is 10.8 Å². The Balaban J connectivity index is 1.08. The van der Waals surface area contributed by atoms with Crippen LogP contribution in [0.2, 0.25) is 0 Å². The maximum absolute atomic E-state index is 6.49. The van der Waals surface area contributed by atoms with Gasteiger partial charge in [-0.1, -0.05) is 212 Å². The highest BCUT2D eigenvalue weighted by Gasteiger charge is 2.48. The van der Waals surface area contributed by atoms with Crippen molar-refractivity contribution in [3.05, 3.63) is 263 Å². The van der Waals surface area contributed by atoms with Gasteiger partial charge in [0.2, 0.25) is 0 Å². The average Bonchev–Trinajstić information content (AvgIpc) is 3.92. The van der Waals surface area contributed by atoms with E-state index in [4.69, 9.17) is 4.42 Å². The second kappa shape index (κ2) is 12.1. The van der Waals surface area contributed by atoms with Crippen LogP contribution in [0.3, 0.4) is 0 Å². The molecule has 0 bridgehead atoms. The van der Waals surface area contributed by atoms with Crippen LogP contribution in [0.5, 0.6) is 0 Å². The second-order valence-electron chi connectivity index (χ2n) is 15.5. The molecule has 0 N–H and O–H groups in total. The van der Waals surface area contributed by atoms with Gasteiger partial charge in [0.05, 0.1) is 10.8 Å². The minimum Gasteiger partial charge on any atom is -0.455 e. The molecule has 9 aromatic carbocycles. The molecule has 0 saturated carbocycles. The highest BCUT2D eigenvalue weighted by Crippen LogP contribution is 2.59. The lowest BCUT2D eigenvalue weighted by atomic mass is 9.65. The van der Waals surface area contributed by atoms with E-state index in [1.807, 2.05) is 6.07 Å². The van der Waals surface area contributed by atoms with Crippen LogP contribution in [0.1, 0.15) is 44.5 Å². The van der Waals surface area contributed by atoms with Gasteiger partial charge in [-0.25, -0.2) is 0 Å². The van der Waals surface area contributed by atoms with Crippen molar-refractivity contribution in [2.75, 3.05) is 0 Å². The molecule has 266 valence electrons. The largest absolute Gasteiger partial charge is 0.455 e. The van der Waals surface area contributed by atoms with Gasteiger partial charge in [0.1, 0.15) is 11.2 Å². The predicted molar refractivity (Wildman–Crippen MR) is 234 cm³/mol. The Hall–Kier alpha value is -7.22. The van der Waals surface area contributed by atoms with Crippen LogP contribution in [-0.2, 0) is 10.8 Å². The first-order chi connectivity index (χ1) is 28.3. The lowest BCUT2D eigenvalue weighted by Crippen LogP contribution is -2.30. The molecular weight excluding hydrogens is 689 g/mol. The van der Waals surface area contributed by atoms with Gasteiger partial charge in [-0.15, -0.1) is 0 Å². The molecule has 10 aromatic rings. The van der Waals surface area contributed by atoms with Crippen molar-refractivity contribution in [1.29, 1.82) is 0 Å². The zero-order chi connectivity index (χ0) is 37.6. The van der Waals surface area contributed by atoms with Crippen molar-refractivity contribution < 1.29 is 4.42 Å². The highest BCUT2D eigenvalue weighted by atomic mass is 16.3. The summed E-state index contributed by atoms with van der Waals surface area (Å²) in [6.07, 6.45) is 0. The van der Waals surface area contributed by atoms with Gasteiger partial charge in [-0.3, -0.25) is 0 Å². The predicted octanol–water partition coefficient (Wildman–Crippen LogP) is 14.0. The molecule has 1 heterocycles. The zero-order valence-electron chi connectivity index (χ0n) is 31.2. The number of para-hydroxylation sites is 2. The Morgan fingerprint density at radius 2 is 0.632 bits per heavy atom. The van der Waals surface area contributed by atoms with E-state index in [1.165, 1.54) is 66.8 Å². The minimum atomic E-state index is -0.527. The Morgan fingerprint density at radius 3 is 1.14 bits per heavy atom. The van der Waals surface area contributed by atoms with Crippen LogP contribution in [0.15, 0.2) is 223 Å². The summed E-state index contributed by atoms with van der Waals surface area (Å²) in [4.78, 5) is 0. The van der Waals surface area contributed by atoms with Gasteiger partial charge in [0, 0.05) is 16.3 Å². The minimum absolute atomic E-state index is 0.453. The summed E-state index contributed by atoms with van der Waals surface area (Å²) in [5, 5.41) is 2.29. The van der Waals surface area contributed by atoms with Gasteiger partial charge in [0.15, 0.2) is 0 Å². The summed E-state index contributed by atoms with van der Waals surface area (Å²) in [5.74, 6) is 0. The van der Waals surface area contributed by atoms with E-state index in [-0.39, 0.29) is 0 Å². The monoisotopic (exact) mass is 724 g/mol. The molecule has 57 heavy (non-hydrogen) atoms. The fourth-order valence-electron chi connectivity index (χ4n) is 10.6. The Kier molecular flexibility index (Phi) is 6.83. The van der Waals surface area contributed by atoms with Crippen LogP contribution in [0.25, 0.3) is 55.3 Å². The lowest BCUT2D eigenvalue weighted by molar-refractivity contribution is 0.670. The van der Waals surface area contributed by atoms with Crippen molar-refractivity contribution in [3.8, 4) is 33.4 Å². The summed E-state index contributed by atoms with van der Waals surface area (Å²) < 4.78 is 6.49. The number of rotatable bonds is 5. The first-order valence-electron chi connectivity index (χ1n) is 19.8. The lowest BCUT2D eigenvalue weighted by Gasteiger charge is -2.36. The number of benzene rings is 9. The molecule has 0 saturated heterocycles. The van der Waals surface area contributed by atoms with Gasteiger partial charge in [0.25, 0.3) is 0 Å². The maximum atomic E-state index is 6.49. The summed E-state index contributed by atoms with van der Waals surface area (Å²) in [7, 11) is 0. The topological polar surface area (TPSA) is 13.1 Å². The fourth-order valence-corrected chi connectivity index (χ4v) is 10.6. The molecule has 1 aromatic heterocycles. The third-order valence-corrected chi connectivity index (χ3v) is 12.9. The molecular formula is C56H36O. The van der Waals surface area contributed by atoms with E-state index in [0.29, 0.717) is 0 Å². The summed E-state index contributed by atoms with van der Waals surface area (Å²) >= 11 is 0.